The van der Waals surface area contributed by atoms with Gasteiger partial charge in [0.1, 0.15) is 0 Å². The van der Waals surface area contributed by atoms with Crippen LogP contribution in [0.3, 0.4) is 0 Å². The van der Waals surface area contributed by atoms with E-state index in [1.165, 1.54) is 19.5 Å². The molecule has 0 radical (unpaired) electrons. The fraction of sp³-hybridized carbons (Fsp3) is 1.00. The van der Waals surface area contributed by atoms with E-state index in [2.05, 4.69) is 56.8 Å². The Labute approximate surface area is 114 Å². The second kappa shape index (κ2) is 7.46. The van der Waals surface area contributed by atoms with Crippen molar-refractivity contribution in [2.75, 3.05) is 33.2 Å². The summed E-state index contributed by atoms with van der Waals surface area (Å²) >= 11 is 0. The molecule has 0 spiro atoms. The van der Waals surface area contributed by atoms with Gasteiger partial charge >= 0.3 is 0 Å². The fourth-order valence-electron chi connectivity index (χ4n) is 3.06. The van der Waals surface area contributed by atoms with Crippen molar-refractivity contribution in [3.05, 3.63) is 0 Å². The number of nitrogens with zero attached hydrogens (tertiary/aromatic N) is 2. The van der Waals surface area contributed by atoms with E-state index in [0.29, 0.717) is 18.1 Å². The highest BCUT2D eigenvalue weighted by Gasteiger charge is 2.29. The van der Waals surface area contributed by atoms with Crippen molar-refractivity contribution in [2.24, 2.45) is 5.92 Å². The van der Waals surface area contributed by atoms with E-state index in [1.54, 1.807) is 0 Å². The first-order valence-corrected chi connectivity index (χ1v) is 7.66. The van der Waals surface area contributed by atoms with Crippen LogP contribution in [0.25, 0.3) is 0 Å². The van der Waals surface area contributed by atoms with Crippen molar-refractivity contribution in [3.63, 3.8) is 0 Å². The second-order valence-corrected chi connectivity index (χ2v) is 6.16. The Balaban J connectivity index is 2.41. The standard InChI is InChI=1S/C15H33N3/c1-7-18(8-2)11-13(4)16-15-9-14(5)17(6)10-12(15)3/h12-16H,7-11H2,1-6H3. The van der Waals surface area contributed by atoms with E-state index in [4.69, 9.17) is 0 Å². The van der Waals surface area contributed by atoms with Crippen LogP contribution in [-0.4, -0.2) is 61.2 Å². The van der Waals surface area contributed by atoms with Crippen LogP contribution in [0.2, 0.25) is 0 Å². The maximum Gasteiger partial charge on any atom is 0.0169 e. The van der Waals surface area contributed by atoms with E-state index in [1.807, 2.05) is 0 Å². The molecule has 4 unspecified atom stereocenters. The molecule has 0 amide bonds. The Morgan fingerprint density at radius 1 is 1.28 bits per heavy atom. The zero-order valence-corrected chi connectivity index (χ0v) is 13.2. The summed E-state index contributed by atoms with van der Waals surface area (Å²) in [6.07, 6.45) is 1.28. The summed E-state index contributed by atoms with van der Waals surface area (Å²) in [6, 6.07) is 1.98. The molecule has 4 atom stereocenters. The lowest BCUT2D eigenvalue weighted by Gasteiger charge is -2.41. The monoisotopic (exact) mass is 255 g/mol. The number of likely N-dealkylation sites (N-methyl/N-ethyl adjacent to an activating group) is 1. The topological polar surface area (TPSA) is 18.5 Å². The summed E-state index contributed by atoms with van der Waals surface area (Å²) in [4.78, 5) is 4.98. The van der Waals surface area contributed by atoms with Crippen molar-refractivity contribution in [3.8, 4) is 0 Å². The minimum absolute atomic E-state index is 0.591. The lowest BCUT2D eigenvalue weighted by atomic mass is 9.89. The predicted molar refractivity (Wildman–Crippen MR) is 80.0 cm³/mol. The first-order valence-electron chi connectivity index (χ1n) is 7.66. The molecule has 1 aliphatic heterocycles. The summed E-state index contributed by atoms with van der Waals surface area (Å²) < 4.78 is 0. The van der Waals surface area contributed by atoms with E-state index in [9.17, 15) is 0 Å². The lowest BCUT2D eigenvalue weighted by Crippen LogP contribution is -2.54. The van der Waals surface area contributed by atoms with Crippen molar-refractivity contribution in [2.45, 2.75) is 59.2 Å². The molecule has 0 aromatic heterocycles. The summed E-state index contributed by atoms with van der Waals surface area (Å²) in [5, 5.41) is 3.85. The fourth-order valence-corrected chi connectivity index (χ4v) is 3.06. The minimum atomic E-state index is 0.591. The molecule has 1 N–H and O–H groups in total. The largest absolute Gasteiger partial charge is 0.310 e. The number of hydrogen-bond donors (Lipinski definition) is 1. The van der Waals surface area contributed by atoms with Crippen molar-refractivity contribution in [1.82, 2.24) is 15.1 Å². The van der Waals surface area contributed by atoms with Crippen LogP contribution < -0.4 is 5.32 Å². The Morgan fingerprint density at radius 2 is 1.89 bits per heavy atom. The molecule has 108 valence electrons. The van der Waals surface area contributed by atoms with Gasteiger partial charge in [0, 0.05) is 31.2 Å². The highest BCUT2D eigenvalue weighted by atomic mass is 15.2. The molecule has 3 nitrogen and oxygen atoms in total. The van der Waals surface area contributed by atoms with Crippen LogP contribution in [0.4, 0.5) is 0 Å². The lowest BCUT2D eigenvalue weighted by molar-refractivity contribution is 0.112. The number of hydrogen-bond acceptors (Lipinski definition) is 3. The molecular formula is C15H33N3. The average molecular weight is 255 g/mol. The van der Waals surface area contributed by atoms with Gasteiger partial charge in [-0.2, -0.15) is 0 Å². The van der Waals surface area contributed by atoms with Crippen molar-refractivity contribution >= 4 is 0 Å². The summed E-state index contributed by atoms with van der Waals surface area (Å²) in [7, 11) is 2.25. The van der Waals surface area contributed by atoms with Gasteiger partial charge < -0.3 is 15.1 Å². The summed E-state index contributed by atoms with van der Waals surface area (Å²) in [6.45, 7) is 16.2. The van der Waals surface area contributed by atoms with Gasteiger partial charge in [-0.1, -0.05) is 20.8 Å². The molecule has 1 aliphatic rings. The smallest absolute Gasteiger partial charge is 0.0169 e. The molecule has 0 aliphatic carbocycles. The quantitative estimate of drug-likeness (QED) is 0.783. The molecule has 0 bridgehead atoms. The van der Waals surface area contributed by atoms with Crippen LogP contribution in [0.1, 0.15) is 41.0 Å². The second-order valence-electron chi connectivity index (χ2n) is 6.16. The Bertz CT molecular complexity index is 228. The van der Waals surface area contributed by atoms with Gasteiger partial charge in [-0.25, -0.2) is 0 Å². The van der Waals surface area contributed by atoms with Gasteiger partial charge in [0.2, 0.25) is 0 Å². The average Bonchev–Trinajstić information content (AvgIpc) is 2.33. The molecule has 1 fully saturated rings. The van der Waals surface area contributed by atoms with Gasteiger partial charge in [-0.15, -0.1) is 0 Å². The SMILES string of the molecule is CCN(CC)CC(C)NC1CC(C)N(C)CC1C. The van der Waals surface area contributed by atoms with Crippen LogP contribution >= 0.6 is 0 Å². The third-order valence-corrected chi connectivity index (χ3v) is 4.54. The van der Waals surface area contributed by atoms with Crippen LogP contribution in [-0.2, 0) is 0 Å². The molecule has 0 saturated carbocycles. The molecule has 0 aromatic carbocycles. The molecule has 1 saturated heterocycles. The van der Waals surface area contributed by atoms with Crippen LogP contribution in [0.5, 0.6) is 0 Å². The Kier molecular flexibility index (Phi) is 6.61. The van der Waals surface area contributed by atoms with Crippen molar-refractivity contribution < 1.29 is 0 Å². The van der Waals surface area contributed by atoms with Gasteiger partial charge in [0.15, 0.2) is 0 Å². The molecule has 3 heteroatoms. The minimum Gasteiger partial charge on any atom is -0.310 e. The summed E-state index contributed by atoms with van der Waals surface area (Å²) in [5.74, 6) is 0.755. The predicted octanol–water partition coefficient (Wildman–Crippen LogP) is 2.04. The highest BCUT2D eigenvalue weighted by molar-refractivity contribution is 4.87. The number of rotatable bonds is 6. The van der Waals surface area contributed by atoms with Gasteiger partial charge in [-0.3, -0.25) is 0 Å². The first-order chi connectivity index (χ1) is 8.47. The molecule has 1 heterocycles. The van der Waals surface area contributed by atoms with E-state index in [0.717, 1.165) is 19.0 Å². The van der Waals surface area contributed by atoms with Gasteiger partial charge in [0.05, 0.1) is 0 Å². The van der Waals surface area contributed by atoms with E-state index in [-0.39, 0.29) is 0 Å². The molecule has 1 rings (SSSR count). The van der Waals surface area contributed by atoms with Crippen LogP contribution in [0, 0.1) is 5.92 Å². The molecular weight excluding hydrogens is 222 g/mol. The van der Waals surface area contributed by atoms with E-state index < -0.39 is 0 Å². The molecule has 18 heavy (non-hydrogen) atoms. The summed E-state index contributed by atoms with van der Waals surface area (Å²) in [5.41, 5.74) is 0. The first kappa shape index (κ1) is 15.9. The normalized spacial score (nSPS) is 31.8. The number of piperidine rings is 1. The highest BCUT2D eigenvalue weighted by Crippen LogP contribution is 2.21. The maximum atomic E-state index is 3.85. The van der Waals surface area contributed by atoms with E-state index >= 15 is 0 Å². The van der Waals surface area contributed by atoms with Crippen molar-refractivity contribution in [1.29, 1.82) is 0 Å². The van der Waals surface area contributed by atoms with Crippen LogP contribution in [0.15, 0.2) is 0 Å². The third-order valence-electron chi connectivity index (χ3n) is 4.54. The zero-order chi connectivity index (χ0) is 13.7. The van der Waals surface area contributed by atoms with Gasteiger partial charge in [0.25, 0.3) is 0 Å². The van der Waals surface area contributed by atoms with Gasteiger partial charge in [-0.05, 0) is 46.3 Å². The zero-order valence-electron chi connectivity index (χ0n) is 13.2. The Hall–Kier alpha value is -0.120. The molecule has 0 aromatic rings. The third kappa shape index (κ3) is 4.52. The number of likely N-dealkylation sites (tertiary alicyclic amines) is 1. The Morgan fingerprint density at radius 3 is 2.44 bits per heavy atom. The maximum absolute atomic E-state index is 3.85. The number of nitrogens with one attached hydrogen (secondary N) is 1.